The first-order valence-electron chi connectivity index (χ1n) is 8.00. The van der Waals surface area contributed by atoms with Crippen LogP contribution in [0, 0.1) is 0 Å². The van der Waals surface area contributed by atoms with Crippen LogP contribution in [0.25, 0.3) is 0 Å². The molecule has 0 saturated heterocycles. The van der Waals surface area contributed by atoms with Gasteiger partial charge >= 0.3 is 0 Å². The first-order valence-corrected chi connectivity index (χ1v) is 8.00. The van der Waals surface area contributed by atoms with Crippen LogP contribution >= 0.6 is 0 Å². The number of aromatic nitrogens is 1. The number of anilines is 3. The molecule has 3 aromatic rings. The van der Waals surface area contributed by atoms with Gasteiger partial charge in [0, 0.05) is 17.3 Å². The summed E-state index contributed by atoms with van der Waals surface area (Å²) in [7, 11) is 3.08. The predicted octanol–water partition coefficient (Wildman–Crippen LogP) is 4.09. The van der Waals surface area contributed by atoms with Crippen LogP contribution in [-0.4, -0.2) is 25.1 Å². The summed E-state index contributed by atoms with van der Waals surface area (Å²) in [6.45, 7) is 0. The van der Waals surface area contributed by atoms with Gasteiger partial charge in [-0.2, -0.15) is 0 Å². The standard InChI is InChI=1S/C20H19N3O3/c1-25-17-10-14(11-18(12-17)26-2)20(24)23-16-8-9-19(21-13-16)22-15-6-4-3-5-7-15/h3-13H,1-2H3,(H,21,22)(H,23,24). The first kappa shape index (κ1) is 17.3. The predicted molar refractivity (Wildman–Crippen MR) is 101 cm³/mol. The molecule has 0 unspecified atom stereocenters. The number of benzene rings is 2. The summed E-state index contributed by atoms with van der Waals surface area (Å²) in [6.07, 6.45) is 1.60. The van der Waals surface area contributed by atoms with Gasteiger partial charge in [0.25, 0.3) is 5.91 Å². The number of methoxy groups -OCH3 is 2. The van der Waals surface area contributed by atoms with E-state index in [2.05, 4.69) is 15.6 Å². The van der Waals surface area contributed by atoms with Crippen molar-refractivity contribution in [3.05, 3.63) is 72.4 Å². The van der Waals surface area contributed by atoms with Crippen LogP contribution in [0.3, 0.4) is 0 Å². The lowest BCUT2D eigenvalue weighted by Gasteiger charge is -2.10. The average Bonchev–Trinajstić information content (AvgIpc) is 2.69. The molecule has 6 heteroatoms. The number of pyridine rings is 1. The van der Waals surface area contributed by atoms with Crippen molar-refractivity contribution in [2.45, 2.75) is 0 Å². The molecule has 26 heavy (non-hydrogen) atoms. The van der Waals surface area contributed by atoms with Gasteiger partial charge in [-0.3, -0.25) is 4.79 Å². The van der Waals surface area contributed by atoms with Crippen LogP contribution in [0.2, 0.25) is 0 Å². The maximum Gasteiger partial charge on any atom is 0.255 e. The molecule has 0 spiro atoms. The number of hydrogen-bond donors (Lipinski definition) is 2. The number of hydrogen-bond acceptors (Lipinski definition) is 5. The van der Waals surface area contributed by atoms with E-state index in [1.165, 1.54) is 0 Å². The quantitative estimate of drug-likeness (QED) is 0.701. The second-order valence-corrected chi connectivity index (χ2v) is 5.48. The lowest BCUT2D eigenvalue weighted by atomic mass is 10.2. The third-order valence-electron chi connectivity index (χ3n) is 3.68. The molecule has 0 aliphatic rings. The van der Waals surface area contributed by atoms with Crippen molar-refractivity contribution >= 4 is 23.1 Å². The number of nitrogens with one attached hydrogen (secondary N) is 2. The highest BCUT2D eigenvalue weighted by Crippen LogP contribution is 2.23. The molecule has 0 atom stereocenters. The number of carbonyl (C=O) groups excluding carboxylic acids is 1. The van der Waals surface area contributed by atoms with Gasteiger partial charge in [0.2, 0.25) is 0 Å². The molecule has 0 aliphatic heterocycles. The van der Waals surface area contributed by atoms with Crippen molar-refractivity contribution < 1.29 is 14.3 Å². The molecule has 1 amide bonds. The number of ether oxygens (including phenoxy) is 2. The summed E-state index contributed by atoms with van der Waals surface area (Å²) in [5.41, 5.74) is 1.98. The molecular weight excluding hydrogens is 330 g/mol. The summed E-state index contributed by atoms with van der Waals surface area (Å²) in [5, 5.41) is 6.00. The fourth-order valence-electron chi connectivity index (χ4n) is 2.35. The van der Waals surface area contributed by atoms with E-state index in [9.17, 15) is 4.79 Å². The molecule has 3 rings (SSSR count). The lowest BCUT2D eigenvalue weighted by Crippen LogP contribution is -2.12. The van der Waals surface area contributed by atoms with Crippen molar-refractivity contribution in [1.82, 2.24) is 4.98 Å². The summed E-state index contributed by atoms with van der Waals surface area (Å²) >= 11 is 0. The lowest BCUT2D eigenvalue weighted by molar-refractivity contribution is 0.102. The Hall–Kier alpha value is -3.54. The summed E-state index contributed by atoms with van der Waals surface area (Å²) in [5.74, 6) is 1.52. The number of rotatable bonds is 6. The van der Waals surface area contributed by atoms with E-state index < -0.39 is 0 Å². The SMILES string of the molecule is COc1cc(OC)cc(C(=O)Nc2ccc(Nc3ccccc3)nc2)c1. The molecule has 0 radical (unpaired) electrons. The summed E-state index contributed by atoms with van der Waals surface area (Å²) in [6, 6.07) is 18.3. The Morgan fingerprint density at radius 3 is 2.15 bits per heavy atom. The maximum atomic E-state index is 12.5. The maximum absolute atomic E-state index is 12.5. The highest BCUT2D eigenvalue weighted by Gasteiger charge is 2.10. The number of nitrogens with zero attached hydrogens (tertiary/aromatic N) is 1. The molecule has 0 fully saturated rings. The van der Waals surface area contributed by atoms with Gasteiger partial charge in [0.05, 0.1) is 26.1 Å². The van der Waals surface area contributed by atoms with Crippen molar-refractivity contribution in [3.63, 3.8) is 0 Å². The van der Waals surface area contributed by atoms with E-state index in [1.54, 1.807) is 50.7 Å². The third-order valence-corrected chi connectivity index (χ3v) is 3.68. The van der Waals surface area contributed by atoms with Crippen molar-refractivity contribution in [2.75, 3.05) is 24.9 Å². The molecule has 132 valence electrons. The van der Waals surface area contributed by atoms with Gasteiger partial charge < -0.3 is 20.1 Å². The van der Waals surface area contributed by atoms with E-state index in [-0.39, 0.29) is 5.91 Å². The zero-order valence-electron chi connectivity index (χ0n) is 14.5. The van der Waals surface area contributed by atoms with Crippen LogP contribution in [-0.2, 0) is 0 Å². The molecular formula is C20H19N3O3. The molecule has 0 bridgehead atoms. The van der Waals surface area contributed by atoms with Gasteiger partial charge in [-0.1, -0.05) is 18.2 Å². The fourth-order valence-corrected chi connectivity index (χ4v) is 2.35. The van der Waals surface area contributed by atoms with E-state index in [1.807, 2.05) is 30.3 Å². The second-order valence-electron chi connectivity index (χ2n) is 5.48. The van der Waals surface area contributed by atoms with Crippen LogP contribution in [0.4, 0.5) is 17.2 Å². The van der Waals surface area contributed by atoms with Crippen molar-refractivity contribution in [1.29, 1.82) is 0 Å². The topological polar surface area (TPSA) is 72.5 Å². The number of amides is 1. The average molecular weight is 349 g/mol. The minimum absolute atomic E-state index is 0.271. The van der Waals surface area contributed by atoms with Crippen molar-refractivity contribution in [3.8, 4) is 11.5 Å². The summed E-state index contributed by atoms with van der Waals surface area (Å²) in [4.78, 5) is 16.8. The Labute approximate surface area is 151 Å². The van der Waals surface area contributed by atoms with Gasteiger partial charge in [-0.25, -0.2) is 4.98 Å². The van der Waals surface area contributed by atoms with Gasteiger partial charge in [-0.05, 0) is 36.4 Å². The monoisotopic (exact) mass is 349 g/mol. The molecule has 2 aromatic carbocycles. The highest BCUT2D eigenvalue weighted by molar-refractivity contribution is 6.04. The smallest absolute Gasteiger partial charge is 0.255 e. The van der Waals surface area contributed by atoms with Crippen LogP contribution in [0.15, 0.2) is 66.9 Å². The minimum Gasteiger partial charge on any atom is -0.497 e. The van der Waals surface area contributed by atoms with Gasteiger partial charge in [0.15, 0.2) is 0 Å². The van der Waals surface area contributed by atoms with Gasteiger partial charge in [-0.15, -0.1) is 0 Å². The Morgan fingerprint density at radius 1 is 0.885 bits per heavy atom. The zero-order chi connectivity index (χ0) is 18.4. The normalized spacial score (nSPS) is 10.1. The number of carbonyl (C=O) groups is 1. The molecule has 0 saturated carbocycles. The van der Waals surface area contributed by atoms with Crippen molar-refractivity contribution in [2.24, 2.45) is 0 Å². The molecule has 0 aliphatic carbocycles. The van der Waals surface area contributed by atoms with E-state index in [4.69, 9.17) is 9.47 Å². The highest BCUT2D eigenvalue weighted by atomic mass is 16.5. The molecule has 1 aromatic heterocycles. The Bertz CT molecular complexity index is 858. The third kappa shape index (κ3) is 4.30. The minimum atomic E-state index is -0.271. The number of para-hydroxylation sites is 1. The van der Waals surface area contributed by atoms with Gasteiger partial charge in [0.1, 0.15) is 17.3 Å². The van der Waals surface area contributed by atoms with E-state index >= 15 is 0 Å². The molecule has 2 N–H and O–H groups in total. The van der Waals surface area contributed by atoms with Crippen LogP contribution in [0.1, 0.15) is 10.4 Å². The van der Waals surface area contributed by atoms with E-state index in [0.29, 0.717) is 28.6 Å². The van der Waals surface area contributed by atoms with Crippen LogP contribution in [0.5, 0.6) is 11.5 Å². The Balaban J connectivity index is 1.70. The first-order chi connectivity index (χ1) is 12.7. The second kappa shape index (κ2) is 8.02. The largest absolute Gasteiger partial charge is 0.497 e. The summed E-state index contributed by atoms with van der Waals surface area (Å²) < 4.78 is 10.4. The molecule has 1 heterocycles. The Morgan fingerprint density at radius 2 is 1.58 bits per heavy atom. The Kier molecular flexibility index (Phi) is 5.34. The van der Waals surface area contributed by atoms with Crippen LogP contribution < -0.4 is 20.1 Å². The molecule has 6 nitrogen and oxygen atoms in total. The zero-order valence-corrected chi connectivity index (χ0v) is 14.5. The fraction of sp³-hybridized carbons (Fsp3) is 0.100. The van der Waals surface area contributed by atoms with E-state index in [0.717, 1.165) is 5.69 Å².